The first-order chi connectivity index (χ1) is 16.0. The van der Waals surface area contributed by atoms with Gasteiger partial charge in [-0.1, -0.05) is 6.07 Å². The van der Waals surface area contributed by atoms with Gasteiger partial charge < -0.3 is 5.32 Å². The van der Waals surface area contributed by atoms with E-state index >= 15 is 0 Å². The van der Waals surface area contributed by atoms with Crippen LogP contribution in [0.1, 0.15) is 50.5 Å². The normalized spacial score (nSPS) is 19.6. The zero-order valence-electron chi connectivity index (χ0n) is 18.4. The van der Waals surface area contributed by atoms with Crippen molar-refractivity contribution in [2.45, 2.75) is 51.0 Å². The summed E-state index contributed by atoms with van der Waals surface area (Å²) in [6.07, 6.45) is 7.16. The van der Waals surface area contributed by atoms with Crippen molar-refractivity contribution < 1.29 is 8.78 Å². The number of nitrogens with zero attached hydrogens (tertiary/aromatic N) is 3. The fraction of sp³-hybridized carbons (Fsp3) is 0.346. The Balaban J connectivity index is 1.25. The molecule has 0 amide bonds. The fourth-order valence-electron chi connectivity index (χ4n) is 5.20. The predicted octanol–water partition coefficient (Wildman–Crippen LogP) is 7.27. The van der Waals surface area contributed by atoms with Gasteiger partial charge in [0.25, 0.3) is 0 Å². The van der Waals surface area contributed by atoms with Crippen LogP contribution in [-0.4, -0.2) is 21.0 Å². The molecule has 33 heavy (non-hydrogen) atoms. The molecule has 0 spiro atoms. The highest BCUT2D eigenvalue weighted by atomic mass is 35.5. The summed E-state index contributed by atoms with van der Waals surface area (Å²) >= 11 is 6.04. The topological polar surface area (TPSA) is 50.7 Å². The number of hydrogen-bond acceptors (Lipinski definition) is 4. The molecule has 0 unspecified atom stereocenters. The third-order valence-corrected chi connectivity index (χ3v) is 6.91. The summed E-state index contributed by atoms with van der Waals surface area (Å²) in [5.41, 5.74) is 2.28. The molecule has 2 aromatic heterocycles. The van der Waals surface area contributed by atoms with E-state index in [1.807, 2.05) is 12.3 Å². The number of anilines is 1. The first kappa shape index (κ1) is 22.0. The van der Waals surface area contributed by atoms with Gasteiger partial charge in [0, 0.05) is 23.0 Å². The molecule has 4 aromatic rings. The lowest BCUT2D eigenvalue weighted by Gasteiger charge is -2.31. The number of fused-ring (bicyclic) bond motifs is 2. The van der Waals surface area contributed by atoms with Crippen molar-refractivity contribution in [3.63, 3.8) is 0 Å². The summed E-state index contributed by atoms with van der Waals surface area (Å²) in [4.78, 5) is 12.7. The van der Waals surface area contributed by atoms with Gasteiger partial charge in [-0.25, -0.2) is 18.7 Å². The van der Waals surface area contributed by atoms with E-state index in [1.54, 1.807) is 24.3 Å². The van der Waals surface area contributed by atoms with Crippen LogP contribution in [-0.2, 0) is 0 Å². The zero-order chi connectivity index (χ0) is 22.9. The lowest BCUT2D eigenvalue weighted by atomic mass is 9.76. The second-order valence-electron chi connectivity index (χ2n) is 9.04. The largest absolute Gasteiger partial charge is 0.367 e. The lowest BCUT2D eigenvalue weighted by Crippen LogP contribution is -2.23. The highest BCUT2D eigenvalue weighted by Gasteiger charge is 2.25. The smallest absolute Gasteiger partial charge is 0.225 e. The first-order valence-corrected chi connectivity index (χ1v) is 11.8. The highest BCUT2D eigenvalue weighted by molar-refractivity contribution is 6.28. The average Bonchev–Trinajstić information content (AvgIpc) is 2.80. The standard InChI is InChI=1S/C26H25ClF2N4/c1-15(31-25-20-3-2-4-22(29)24(20)32-26(27)33-25)13-16-5-7-17(8-6-16)19-11-12-30-23-10-9-18(28)14-21(19)23/h2-4,9-12,14-17H,5-8,13H2,1H3,(H,31,32,33)/t15-,16-,17-/m1/s1. The number of nitrogens with one attached hydrogen (secondary N) is 1. The van der Waals surface area contributed by atoms with Gasteiger partial charge >= 0.3 is 0 Å². The van der Waals surface area contributed by atoms with Crippen LogP contribution in [0.4, 0.5) is 14.6 Å². The fourth-order valence-corrected chi connectivity index (χ4v) is 5.37. The average molecular weight is 467 g/mol. The third-order valence-electron chi connectivity index (χ3n) is 6.74. The van der Waals surface area contributed by atoms with Crippen molar-refractivity contribution in [2.24, 2.45) is 5.92 Å². The number of hydrogen-bond donors (Lipinski definition) is 1. The quantitative estimate of drug-likeness (QED) is 0.314. The monoisotopic (exact) mass is 466 g/mol. The van der Waals surface area contributed by atoms with Crippen molar-refractivity contribution >= 4 is 39.2 Å². The summed E-state index contributed by atoms with van der Waals surface area (Å²) in [6, 6.07) is 11.8. The molecule has 1 fully saturated rings. The lowest BCUT2D eigenvalue weighted by molar-refractivity contribution is 0.302. The Labute approximate surface area is 196 Å². The summed E-state index contributed by atoms with van der Waals surface area (Å²) in [6.45, 7) is 2.12. The van der Waals surface area contributed by atoms with E-state index < -0.39 is 5.82 Å². The summed E-state index contributed by atoms with van der Waals surface area (Å²) in [5, 5.41) is 5.01. The van der Waals surface area contributed by atoms with Crippen molar-refractivity contribution in [2.75, 3.05) is 5.32 Å². The molecule has 0 radical (unpaired) electrons. The molecule has 1 saturated carbocycles. The van der Waals surface area contributed by atoms with Crippen LogP contribution in [0.2, 0.25) is 5.28 Å². The van der Waals surface area contributed by atoms with E-state index in [2.05, 4.69) is 27.2 Å². The van der Waals surface area contributed by atoms with Gasteiger partial charge in [0.05, 0.1) is 5.52 Å². The Kier molecular flexibility index (Phi) is 6.11. The second-order valence-corrected chi connectivity index (χ2v) is 9.38. The first-order valence-electron chi connectivity index (χ1n) is 11.4. The molecule has 5 rings (SSSR count). The Bertz CT molecular complexity index is 1300. The van der Waals surface area contributed by atoms with Gasteiger partial charge in [-0.3, -0.25) is 4.98 Å². The number of halogens is 3. The van der Waals surface area contributed by atoms with Crippen LogP contribution < -0.4 is 5.32 Å². The van der Waals surface area contributed by atoms with Crippen LogP contribution in [0.15, 0.2) is 48.7 Å². The molecule has 2 heterocycles. The number of rotatable bonds is 5. The van der Waals surface area contributed by atoms with E-state index in [0.29, 0.717) is 23.0 Å². The SMILES string of the molecule is C[C@H](C[C@H]1CC[C@H](c2ccnc3ccc(F)cc32)CC1)Nc1nc(Cl)nc2c(F)cccc12. The van der Waals surface area contributed by atoms with E-state index in [-0.39, 0.29) is 22.7 Å². The maximum absolute atomic E-state index is 14.2. The Morgan fingerprint density at radius 3 is 2.67 bits per heavy atom. The van der Waals surface area contributed by atoms with Crippen LogP contribution in [0, 0.1) is 17.6 Å². The molecule has 0 saturated heterocycles. The van der Waals surface area contributed by atoms with Crippen LogP contribution in [0.25, 0.3) is 21.8 Å². The third kappa shape index (κ3) is 4.62. The minimum absolute atomic E-state index is 0.0313. The Morgan fingerprint density at radius 1 is 1.03 bits per heavy atom. The molecule has 1 aliphatic rings. The van der Waals surface area contributed by atoms with Gasteiger partial charge in [0.2, 0.25) is 5.28 Å². The number of pyridine rings is 1. The molecular formula is C26H25ClF2N4. The van der Waals surface area contributed by atoms with Gasteiger partial charge in [-0.15, -0.1) is 0 Å². The van der Waals surface area contributed by atoms with Gasteiger partial charge in [0.1, 0.15) is 23.0 Å². The van der Waals surface area contributed by atoms with Gasteiger partial charge in [-0.05, 0) is 104 Å². The molecule has 4 nitrogen and oxygen atoms in total. The molecule has 0 bridgehead atoms. The molecule has 1 N–H and O–H groups in total. The summed E-state index contributed by atoms with van der Waals surface area (Å²) < 4.78 is 28.0. The number of benzene rings is 2. The van der Waals surface area contributed by atoms with Crippen LogP contribution >= 0.6 is 11.6 Å². The van der Waals surface area contributed by atoms with E-state index in [1.165, 1.54) is 17.7 Å². The molecule has 2 aromatic carbocycles. The predicted molar refractivity (Wildman–Crippen MR) is 129 cm³/mol. The van der Waals surface area contributed by atoms with E-state index in [0.717, 1.165) is 43.0 Å². The van der Waals surface area contributed by atoms with Gasteiger partial charge in [0.15, 0.2) is 0 Å². The van der Waals surface area contributed by atoms with Crippen molar-refractivity contribution in [1.29, 1.82) is 0 Å². The van der Waals surface area contributed by atoms with Crippen molar-refractivity contribution in [3.05, 3.63) is 71.1 Å². The van der Waals surface area contributed by atoms with Crippen molar-refractivity contribution in [3.8, 4) is 0 Å². The maximum Gasteiger partial charge on any atom is 0.225 e. The summed E-state index contributed by atoms with van der Waals surface area (Å²) in [7, 11) is 0. The Hall–Kier alpha value is -2.86. The van der Waals surface area contributed by atoms with Crippen LogP contribution in [0.5, 0.6) is 0 Å². The summed E-state index contributed by atoms with van der Waals surface area (Å²) in [5.74, 6) is 0.936. The minimum Gasteiger partial charge on any atom is -0.367 e. The molecule has 1 atom stereocenters. The minimum atomic E-state index is -0.408. The number of aromatic nitrogens is 3. The molecular weight excluding hydrogens is 442 g/mol. The molecule has 1 aliphatic carbocycles. The van der Waals surface area contributed by atoms with Crippen LogP contribution in [0.3, 0.4) is 0 Å². The second kappa shape index (κ2) is 9.18. The highest BCUT2D eigenvalue weighted by Crippen LogP contribution is 2.40. The van der Waals surface area contributed by atoms with Gasteiger partial charge in [-0.2, -0.15) is 0 Å². The molecule has 170 valence electrons. The van der Waals surface area contributed by atoms with Crippen molar-refractivity contribution in [1.82, 2.24) is 15.0 Å². The maximum atomic E-state index is 14.2. The van der Waals surface area contributed by atoms with E-state index in [4.69, 9.17) is 11.6 Å². The Morgan fingerprint density at radius 2 is 1.85 bits per heavy atom. The number of para-hydroxylation sites is 1. The van der Waals surface area contributed by atoms with E-state index in [9.17, 15) is 8.78 Å². The molecule has 0 aliphatic heterocycles. The zero-order valence-corrected chi connectivity index (χ0v) is 19.1. The molecule has 7 heteroatoms.